The van der Waals surface area contributed by atoms with Crippen LogP contribution in [0, 0.1) is 5.82 Å². The average molecular weight is 292 g/mol. The van der Waals surface area contributed by atoms with E-state index < -0.39 is 11.6 Å². The zero-order valence-electron chi connectivity index (χ0n) is 11.6. The highest BCUT2D eigenvalue weighted by Gasteiger charge is 2.23. The van der Waals surface area contributed by atoms with Gasteiger partial charge in [0.1, 0.15) is 11.4 Å². The van der Waals surface area contributed by atoms with Crippen LogP contribution in [0.2, 0.25) is 0 Å². The van der Waals surface area contributed by atoms with E-state index in [2.05, 4.69) is 20.8 Å². The van der Waals surface area contributed by atoms with E-state index in [9.17, 15) is 14.3 Å². The summed E-state index contributed by atoms with van der Waals surface area (Å²) in [6, 6.07) is 6.84. The molecule has 0 aliphatic rings. The molecule has 0 aliphatic heterocycles. The summed E-state index contributed by atoms with van der Waals surface area (Å²) in [5.74, 6) is -0.375. The first-order valence-corrected chi connectivity index (χ1v) is 6.46. The summed E-state index contributed by atoms with van der Waals surface area (Å²) < 4.78 is 12.9. The third-order valence-electron chi connectivity index (χ3n) is 3.06. The predicted octanol–water partition coefficient (Wildman–Crippen LogP) is 1.26. The molecular formula is C14H17FN4O2. The Morgan fingerprint density at radius 1 is 1.33 bits per heavy atom. The minimum Gasteiger partial charge on any atom is -0.384 e. The van der Waals surface area contributed by atoms with Gasteiger partial charge in [-0.3, -0.25) is 5.10 Å². The van der Waals surface area contributed by atoms with E-state index in [0.717, 1.165) is 5.69 Å². The number of carbonyl (C=O) groups is 1. The topological polar surface area (TPSA) is 90.0 Å². The smallest absolute Gasteiger partial charge is 0.315 e. The van der Waals surface area contributed by atoms with Crippen molar-refractivity contribution in [1.29, 1.82) is 0 Å². The highest BCUT2D eigenvalue weighted by molar-refractivity contribution is 5.73. The number of aromatic nitrogens is 2. The predicted molar refractivity (Wildman–Crippen MR) is 74.8 cm³/mol. The molecule has 6 nitrogen and oxygen atoms in total. The number of H-pyrrole nitrogens is 1. The molecule has 7 heteroatoms. The number of aromatic amines is 1. The molecule has 0 aliphatic carbocycles. The van der Waals surface area contributed by atoms with E-state index >= 15 is 0 Å². The first-order valence-electron chi connectivity index (χ1n) is 6.46. The van der Waals surface area contributed by atoms with Crippen LogP contribution >= 0.6 is 0 Å². The monoisotopic (exact) mass is 292 g/mol. The Labute approximate surface area is 121 Å². The van der Waals surface area contributed by atoms with Crippen LogP contribution in [0.4, 0.5) is 9.18 Å². The number of halogens is 1. The summed E-state index contributed by atoms with van der Waals surface area (Å²) in [4.78, 5) is 11.6. The molecule has 4 N–H and O–H groups in total. The Kier molecular flexibility index (Phi) is 4.54. The number of aliphatic hydroxyl groups is 1. The average Bonchev–Trinajstić information content (AvgIpc) is 2.97. The van der Waals surface area contributed by atoms with Crippen molar-refractivity contribution in [3.05, 3.63) is 53.6 Å². The van der Waals surface area contributed by atoms with Crippen LogP contribution in [0.1, 0.15) is 18.2 Å². The van der Waals surface area contributed by atoms with E-state index in [1.807, 2.05) is 0 Å². The Morgan fingerprint density at radius 3 is 2.67 bits per heavy atom. The molecule has 0 saturated heterocycles. The van der Waals surface area contributed by atoms with Crippen LogP contribution in [-0.4, -0.2) is 27.9 Å². The van der Waals surface area contributed by atoms with Gasteiger partial charge in [0.2, 0.25) is 0 Å². The normalized spacial score (nSPS) is 13.5. The molecule has 1 unspecified atom stereocenters. The zero-order valence-corrected chi connectivity index (χ0v) is 11.6. The maximum Gasteiger partial charge on any atom is 0.315 e. The fourth-order valence-electron chi connectivity index (χ4n) is 1.78. The molecule has 0 bridgehead atoms. The summed E-state index contributed by atoms with van der Waals surface area (Å²) in [7, 11) is 0. The van der Waals surface area contributed by atoms with Gasteiger partial charge in [-0.2, -0.15) is 5.10 Å². The highest BCUT2D eigenvalue weighted by atomic mass is 19.1. The van der Waals surface area contributed by atoms with Crippen LogP contribution in [0.15, 0.2) is 36.5 Å². The molecule has 2 amide bonds. The molecule has 21 heavy (non-hydrogen) atoms. The highest BCUT2D eigenvalue weighted by Crippen LogP contribution is 2.19. The molecule has 2 aromatic rings. The maximum absolute atomic E-state index is 12.9. The second-order valence-corrected chi connectivity index (χ2v) is 4.90. The Morgan fingerprint density at radius 2 is 2.05 bits per heavy atom. The van der Waals surface area contributed by atoms with Crippen molar-refractivity contribution < 1.29 is 14.3 Å². The molecular weight excluding hydrogens is 275 g/mol. The largest absolute Gasteiger partial charge is 0.384 e. The van der Waals surface area contributed by atoms with Gasteiger partial charge in [0.05, 0.1) is 18.8 Å². The number of rotatable bonds is 5. The minimum atomic E-state index is -1.28. The van der Waals surface area contributed by atoms with Gasteiger partial charge < -0.3 is 15.7 Å². The van der Waals surface area contributed by atoms with Crippen LogP contribution in [0.5, 0.6) is 0 Å². The van der Waals surface area contributed by atoms with Crippen molar-refractivity contribution in [2.45, 2.75) is 19.1 Å². The van der Waals surface area contributed by atoms with E-state index in [1.165, 1.54) is 24.3 Å². The van der Waals surface area contributed by atoms with Gasteiger partial charge in [0.25, 0.3) is 0 Å². The van der Waals surface area contributed by atoms with Crippen molar-refractivity contribution in [3.63, 3.8) is 0 Å². The summed E-state index contributed by atoms with van der Waals surface area (Å²) >= 11 is 0. The summed E-state index contributed by atoms with van der Waals surface area (Å²) in [5, 5.41) is 22.0. The zero-order chi connectivity index (χ0) is 15.3. The number of benzene rings is 1. The van der Waals surface area contributed by atoms with Gasteiger partial charge >= 0.3 is 6.03 Å². The fourth-order valence-corrected chi connectivity index (χ4v) is 1.78. The molecule has 0 saturated carbocycles. The lowest BCUT2D eigenvalue weighted by Gasteiger charge is -2.24. The molecule has 0 fully saturated rings. The van der Waals surface area contributed by atoms with Gasteiger partial charge in [-0.15, -0.1) is 0 Å². The van der Waals surface area contributed by atoms with E-state index in [0.29, 0.717) is 12.1 Å². The number of hydrogen-bond donors (Lipinski definition) is 4. The van der Waals surface area contributed by atoms with Gasteiger partial charge in [0.15, 0.2) is 0 Å². The first kappa shape index (κ1) is 15.0. The van der Waals surface area contributed by atoms with Gasteiger partial charge in [-0.1, -0.05) is 12.1 Å². The number of nitrogens with one attached hydrogen (secondary N) is 3. The van der Waals surface area contributed by atoms with Gasteiger partial charge in [0, 0.05) is 6.20 Å². The second kappa shape index (κ2) is 6.36. The molecule has 1 aromatic heterocycles. The standard InChI is InChI=1S/C14H17FN4O2/c1-14(21,10-2-4-11(15)5-3-10)9-17-13(20)16-8-12-6-7-18-19-12/h2-7,21H,8-9H2,1H3,(H,18,19)(H2,16,17,20). The lowest BCUT2D eigenvalue weighted by atomic mass is 9.96. The first-order chi connectivity index (χ1) is 9.97. The number of carbonyl (C=O) groups excluding carboxylic acids is 1. The summed E-state index contributed by atoms with van der Waals surface area (Å²) in [6.07, 6.45) is 1.59. The van der Waals surface area contributed by atoms with Crippen LogP contribution in [-0.2, 0) is 12.1 Å². The van der Waals surface area contributed by atoms with Crippen molar-refractivity contribution >= 4 is 6.03 Å². The van der Waals surface area contributed by atoms with Gasteiger partial charge in [-0.05, 0) is 30.7 Å². The van der Waals surface area contributed by atoms with Gasteiger partial charge in [-0.25, -0.2) is 9.18 Å². The Balaban J connectivity index is 1.83. The Bertz CT molecular complexity index is 582. The lowest BCUT2D eigenvalue weighted by Crippen LogP contribution is -2.43. The minimum absolute atomic E-state index is 0.00738. The van der Waals surface area contributed by atoms with Crippen molar-refractivity contribution in [1.82, 2.24) is 20.8 Å². The fraction of sp³-hybridized carbons (Fsp3) is 0.286. The Hall–Kier alpha value is -2.41. The van der Waals surface area contributed by atoms with Crippen molar-refractivity contribution in [3.8, 4) is 0 Å². The summed E-state index contributed by atoms with van der Waals surface area (Å²) in [6.45, 7) is 1.87. The van der Waals surface area contributed by atoms with E-state index in [-0.39, 0.29) is 12.4 Å². The summed E-state index contributed by atoms with van der Waals surface area (Å²) in [5.41, 5.74) is 0.0205. The molecule has 112 valence electrons. The maximum atomic E-state index is 12.9. The van der Waals surface area contributed by atoms with Crippen LogP contribution in [0.3, 0.4) is 0 Å². The molecule has 1 atom stereocenters. The SMILES string of the molecule is CC(O)(CNC(=O)NCc1ccn[nH]1)c1ccc(F)cc1. The molecule has 1 aromatic carbocycles. The molecule has 2 rings (SSSR count). The molecule has 0 radical (unpaired) electrons. The third-order valence-corrected chi connectivity index (χ3v) is 3.06. The number of amides is 2. The second-order valence-electron chi connectivity index (χ2n) is 4.90. The number of urea groups is 1. The van der Waals surface area contributed by atoms with E-state index in [1.54, 1.807) is 19.2 Å². The van der Waals surface area contributed by atoms with Crippen molar-refractivity contribution in [2.75, 3.05) is 6.54 Å². The molecule has 1 heterocycles. The van der Waals surface area contributed by atoms with Crippen LogP contribution < -0.4 is 10.6 Å². The third kappa shape index (κ3) is 4.28. The van der Waals surface area contributed by atoms with E-state index in [4.69, 9.17) is 0 Å². The molecule has 0 spiro atoms. The van der Waals surface area contributed by atoms with Crippen LogP contribution in [0.25, 0.3) is 0 Å². The number of hydrogen-bond acceptors (Lipinski definition) is 3. The van der Waals surface area contributed by atoms with Crippen molar-refractivity contribution in [2.24, 2.45) is 0 Å². The quantitative estimate of drug-likeness (QED) is 0.668. The lowest BCUT2D eigenvalue weighted by molar-refractivity contribution is 0.0593. The number of nitrogens with zero attached hydrogens (tertiary/aromatic N) is 1.